The second-order valence-corrected chi connectivity index (χ2v) is 18.8. The number of carbonyl (C=O) groups is 3. The number of hydrogen-bond acceptors (Lipinski definition) is 10. The number of fused-ring (bicyclic) bond motifs is 1. The van der Waals surface area contributed by atoms with Gasteiger partial charge in [-0.05, 0) is 76.0 Å². The van der Waals surface area contributed by atoms with Gasteiger partial charge in [-0.1, -0.05) is 110 Å². The molecule has 2 saturated heterocycles. The molecule has 16 heteroatoms. The van der Waals surface area contributed by atoms with Crippen LogP contribution in [0.4, 0.5) is 0 Å². The molecule has 8 rings (SSSR count). The maximum atomic E-state index is 13.4. The molecular formula is C49H63ClN10O4S. The van der Waals surface area contributed by atoms with E-state index in [1.54, 1.807) is 18.7 Å². The van der Waals surface area contributed by atoms with Crippen LogP contribution in [0.2, 0.25) is 5.02 Å². The van der Waals surface area contributed by atoms with E-state index in [0.717, 1.165) is 111 Å². The summed E-state index contributed by atoms with van der Waals surface area (Å²) in [7, 11) is 0. The Bertz CT molecular complexity index is 2390. The summed E-state index contributed by atoms with van der Waals surface area (Å²) in [5, 5.41) is 25.8. The molecule has 3 aliphatic rings. The van der Waals surface area contributed by atoms with E-state index in [2.05, 4.69) is 51.0 Å². The zero-order valence-electron chi connectivity index (χ0n) is 38.1. The van der Waals surface area contributed by atoms with Gasteiger partial charge in [-0.15, -0.1) is 16.8 Å². The van der Waals surface area contributed by atoms with E-state index < -0.39 is 0 Å². The number of nitrogens with one attached hydrogen (secondary N) is 2. The zero-order chi connectivity index (χ0) is 45.7. The van der Waals surface area contributed by atoms with Crippen molar-refractivity contribution in [3.63, 3.8) is 0 Å². The average molecular weight is 924 g/mol. The summed E-state index contributed by atoms with van der Waals surface area (Å²) in [6, 6.07) is 17.6. The fourth-order valence-corrected chi connectivity index (χ4v) is 10.0. The van der Waals surface area contributed by atoms with Crippen LogP contribution in [0, 0.1) is 12.8 Å². The van der Waals surface area contributed by atoms with Crippen LogP contribution in [0.5, 0.6) is 0 Å². The van der Waals surface area contributed by atoms with Crippen LogP contribution >= 0.6 is 23.4 Å². The second-order valence-electron chi connectivity index (χ2n) is 17.5. The molecular weight excluding hydrogens is 860 g/mol. The number of aromatic nitrogens is 6. The van der Waals surface area contributed by atoms with E-state index in [4.69, 9.17) is 21.2 Å². The molecule has 1 aliphatic carbocycles. The lowest BCUT2D eigenvalue weighted by Crippen LogP contribution is -2.38. The monoisotopic (exact) mass is 922 g/mol. The number of halogens is 1. The maximum Gasteiger partial charge on any atom is 0.274 e. The summed E-state index contributed by atoms with van der Waals surface area (Å²) in [6.45, 7) is 15.9. The van der Waals surface area contributed by atoms with E-state index >= 15 is 0 Å². The lowest BCUT2D eigenvalue weighted by molar-refractivity contribution is -0.127. The minimum Gasteiger partial charge on any atom is -0.360 e. The summed E-state index contributed by atoms with van der Waals surface area (Å²) in [5.74, 6) is 2.37. The van der Waals surface area contributed by atoms with Crippen molar-refractivity contribution in [3.8, 4) is 11.3 Å². The van der Waals surface area contributed by atoms with Crippen LogP contribution < -0.4 is 10.6 Å². The highest BCUT2D eigenvalue weighted by atomic mass is 35.5. The van der Waals surface area contributed by atoms with Crippen molar-refractivity contribution in [3.05, 3.63) is 112 Å². The maximum absolute atomic E-state index is 13.4. The molecule has 2 N–H and O–H groups in total. The van der Waals surface area contributed by atoms with Gasteiger partial charge in [0.1, 0.15) is 17.0 Å². The molecule has 5 aromatic rings. The summed E-state index contributed by atoms with van der Waals surface area (Å²) < 4.78 is 9.38. The molecule has 1 atom stereocenters. The van der Waals surface area contributed by atoms with Crippen molar-refractivity contribution in [1.82, 2.24) is 50.1 Å². The second kappa shape index (κ2) is 23.3. The Morgan fingerprint density at radius 2 is 1.77 bits per heavy atom. The molecule has 0 spiro atoms. The van der Waals surface area contributed by atoms with E-state index in [-0.39, 0.29) is 18.4 Å². The Labute approximate surface area is 391 Å². The average Bonchev–Trinajstić information content (AvgIpc) is 4.04. The van der Waals surface area contributed by atoms with Crippen LogP contribution in [0.25, 0.3) is 11.3 Å². The zero-order valence-corrected chi connectivity index (χ0v) is 39.6. The van der Waals surface area contributed by atoms with Gasteiger partial charge in [0.15, 0.2) is 16.7 Å². The Morgan fingerprint density at radius 3 is 2.49 bits per heavy atom. The molecule has 3 aromatic heterocycles. The van der Waals surface area contributed by atoms with Gasteiger partial charge in [-0.3, -0.25) is 19.1 Å². The minimum atomic E-state index is -0.262. The number of carbonyl (C=O) groups excluding carboxylic acids is 3. The van der Waals surface area contributed by atoms with Gasteiger partial charge in [-0.25, -0.2) is 0 Å². The number of benzene rings is 2. The van der Waals surface area contributed by atoms with Gasteiger partial charge in [0, 0.05) is 72.8 Å². The topological polar surface area (TPSA) is 156 Å². The van der Waals surface area contributed by atoms with Crippen molar-refractivity contribution in [2.24, 2.45) is 5.92 Å². The number of nitrogens with zero attached hydrogens (tertiary/aromatic N) is 8. The normalized spacial score (nSPS) is 16.3. The Balaban J connectivity index is 0.000000195. The minimum absolute atomic E-state index is 0.106. The third kappa shape index (κ3) is 12.4. The Morgan fingerprint density at radius 1 is 1.00 bits per heavy atom. The summed E-state index contributed by atoms with van der Waals surface area (Å²) in [5.41, 5.74) is 5.82. The van der Waals surface area contributed by atoms with Crippen LogP contribution in [0.15, 0.2) is 76.9 Å². The smallest absolute Gasteiger partial charge is 0.274 e. The standard InChI is InChI=1S/C25H26ClN5O2S.C24H37N5O2/c1-16(2)14-31-21(28-29-25(31)34-15-19-11-7-8-12-20(19)26)13-27-24(32)22-17(3)33-30-23(22)18-9-5-4-6-10-18;1-2-13-29-21-11-10-19(25-12-8-17-27-16-7-9-22(27)30)18-20(21)23(26-29)24(31)28-14-5-3-4-6-15-28/h4-12,16H,13-15H2,1-3H3,(H,27,32);2,19,25H,1,3-18H2. The largest absolute Gasteiger partial charge is 0.360 e. The van der Waals surface area contributed by atoms with Gasteiger partial charge in [-0.2, -0.15) is 5.10 Å². The quantitative estimate of drug-likeness (QED) is 0.0529. The molecule has 0 radical (unpaired) electrons. The molecule has 3 amide bonds. The SMILES string of the molecule is C=CCn1nc(C(=O)N2CCCCCC2)c2c1CCC(NCCCN1CCCC1=O)C2.Cc1onc(-c2ccccc2)c1C(=O)NCc1nnc(SCc2ccccc2Cl)n1CC(C)C. The van der Waals surface area contributed by atoms with Crippen molar-refractivity contribution in [2.45, 2.75) is 122 Å². The Kier molecular flexibility index (Phi) is 17.1. The van der Waals surface area contributed by atoms with Crippen molar-refractivity contribution in [2.75, 3.05) is 32.7 Å². The highest BCUT2D eigenvalue weighted by molar-refractivity contribution is 7.98. The molecule has 1 unspecified atom stereocenters. The number of aryl methyl sites for hydroxylation is 1. The molecule has 2 fully saturated rings. The first kappa shape index (κ1) is 47.7. The third-order valence-electron chi connectivity index (χ3n) is 12.2. The number of likely N-dealkylation sites (tertiary alicyclic amines) is 2. The summed E-state index contributed by atoms with van der Waals surface area (Å²) in [4.78, 5) is 42.2. The number of hydrogen-bond donors (Lipinski definition) is 2. The van der Waals surface area contributed by atoms with E-state index in [1.807, 2.05) is 75.2 Å². The summed E-state index contributed by atoms with van der Waals surface area (Å²) in [6.07, 6.45) is 12.0. The predicted molar refractivity (Wildman–Crippen MR) is 255 cm³/mol. The number of thioether (sulfide) groups is 1. The fraction of sp³-hybridized carbons (Fsp3) is 0.490. The van der Waals surface area contributed by atoms with Gasteiger partial charge in [0.05, 0.1) is 13.1 Å². The molecule has 65 heavy (non-hydrogen) atoms. The molecule has 5 heterocycles. The van der Waals surface area contributed by atoms with Crippen molar-refractivity contribution in [1.29, 1.82) is 0 Å². The lowest BCUT2D eigenvalue weighted by Gasteiger charge is -2.26. The lowest BCUT2D eigenvalue weighted by atomic mass is 9.91. The first-order chi connectivity index (χ1) is 31.6. The van der Waals surface area contributed by atoms with Crippen LogP contribution in [-0.2, 0) is 43.0 Å². The first-order valence-electron chi connectivity index (χ1n) is 23.2. The molecule has 346 valence electrons. The van der Waals surface area contributed by atoms with Gasteiger partial charge < -0.3 is 29.5 Å². The van der Waals surface area contributed by atoms with Gasteiger partial charge in [0.2, 0.25) is 5.91 Å². The highest BCUT2D eigenvalue weighted by Gasteiger charge is 2.31. The number of amides is 3. The molecule has 0 saturated carbocycles. The van der Waals surface area contributed by atoms with E-state index in [9.17, 15) is 14.4 Å². The molecule has 0 bridgehead atoms. The van der Waals surface area contributed by atoms with Crippen LogP contribution in [0.3, 0.4) is 0 Å². The van der Waals surface area contributed by atoms with E-state index in [1.165, 1.54) is 18.5 Å². The molecule has 2 aromatic carbocycles. The summed E-state index contributed by atoms with van der Waals surface area (Å²) >= 11 is 7.89. The van der Waals surface area contributed by atoms with Gasteiger partial charge in [0.25, 0.3) is 11.8 Å². The molecule has 2 aliphatic heterocycles. The van der Waals surface area contributed by atoms with Crippen molar-refractivity contribution < 1.29 is 18.9 Å². The van der Waals surface area contributed by atoms with Gasteiger partial charge >= 0.3 is 0 Å². The van der Waals surface area contributed by atoms with E-state index in [0.29, 0.717) is 65.1 Å². The molecule has 14 nitrogen and oxygen atoms in total. The van der Waals surface area contributed by atoms with Crippen LogP contribution in [0.1, 0.15) is 114 Å². The van der Waals surface area contributed by atoms with Crippen LogP contribution in [-0.4, -0.2) is 96.0 Å². The van der Waals surface area contributed by atoms with Crippen molar-refractivity contribution >= 4 is 41.1 Å². The Hall–Kier alpha value is -5.25. The third-order valence-corrected chi connectivity index (χ3v) is 13.5. The number of allylic oxidation sites excluding steroid dienone is 1. The highest BCUT2D eigenvalue weighted by Crippen LogP contribution is 2.29. The first-order valence-corrected chi connectivity index (χ1v) is 24.6. The number of rotatable bonds is 17. The predicted octanol–water partition coefficient (Wildman–Crippen LogP) is 8.32. The fourth-order valence-electron chi connectivity index (χ4n) is 8.79.